The first-order valence-corrected chi connectivity index (χ1v) is 8.80. The van der Waals surface area contributed by atoms with Gasteiger partial charge in [-0.05, 0) is 22.0 Å². The Morgan fingerprint density at radius 1 is 1.57 bits per heavy atom. The Bertz CT molecular complexity index is 753. The Balaban J connectivity index is 2.04. The van der Waals surface area contributed by atoms with Gasteiger partial charge >= 0.3 is 5.97 Å². The van der Waals surface area contributed by atoms with Gasteiger partial charge in [-0.25, -0.2) is 17.8 Å². The molecule has 12 heteroatoms. The number of nitrogens with zero attached hydrogens (tertiary/aromatic N) is 3. The van der Waals surface area contributed by atoms with Gasteiger partial charge in [0.1, 0.15) is 10.8 Å². The number of carboxylic acid groups (broad SMARTS) is 1. The zero-order valence-electron chi connectivity index (χ0n) is 10.2. The quantitative estimate of drug-likeness (QED) is 0.735. The fourth-order valence-corrected chi connectivity index (χ4v) is 4.78. The first-order valence-electron chi connectivity index (χ1n) is 5.33. The van der Waals surface area contributed by atoms with Gasteiger partial charge in [0.05, 0.1) is 27.2 Å². The Labute approximate surface area is 136 Å². The van der Waals surface area contributed by atoms with Crippen LogP contribution in [0.3, 0.4) is 0 Å². The van der Waals surface area contributed by atoms with Crippen molar-refractivity contribution in [3.8, 4) is 0 Å². The average Bonchev–Trinajstić information content (AvgIpc) is 2.95. The van der Waals surface area contributed by atoms with Crippen LogP contribution in [0.15, 0.2) is 20.3 Å². The molecule has 0 amide bonds. The minimum atomic E-state index is -3.71. The molecule has 2 rings (SSSR count). The van der Waals surface area contributed by atoms with Crippen molar-refractivity contribution in [2.45, 2.75) is 17.3 Å². The number of hydrogen-bond acceptors (Lipinski definition) is 6. The molecule has 0 bridgehead atoms. The van der Waals surface area contributed by atoms with E-state index in [9.17, 15) is 13.2 Å². The van der Waals surface area contributed by atoms with E-state index in [1.165, 1.54) is 12.3 Å². The number of sulfonamides is 1. The summed E-state index contributed by atoms with van der Waals surface area (Å²) in [5.74, 6) is -1.06. The Morgan fingerprint density at radius 3 is 2.86 bits per heavy atom. The summed E-state index contributed by atoms with van der Waals surface area (Å²) in [4.78, 5) is 10.5. The zero-order valence-corrected chi connectivity index (χ0v) is 14.1. The van der Waals surface area contributed by atoms with Crippen LogP contribution in [0.25, 0.3) is 0 Å². The summed E-state index contributed by atoms with van der Waals surface area (Å²) in [6.07, 6.45) is 1.36. The summed E-state index contributed by atoms with van der Waals surface area (Å²) in [6, 6.07) is 1.33. The van der Waals surface area contributed by atoms with E-state index in [0.717, 1.165) is 16.0 Å². The van der Waals surface area contributed by atoms with E-state index < -0.39 is 16.0 Å². The Kier molecular flexibility index (Phi) is 4.99. The molecule has 0 fully saturated rings. The predicted octanol–water partition coefficient (Wildman–Crippen LogP) is 1.32. The molecule has 2 heterocycles. The molecule has 0 saturated carbocycles. The van der Waals surface area contributed by atoms with Gasteiger partial charge < -0.3 is 5.11 Å². The van der Waals surface area contributed by atoms with Crippen molar-refractivity contribution in [1.29, 1.82) is 0 Å². The highest BCUT2D eigenvalue weighted by atomic mass is 79.9. The second kappa shape index (κ2) is 6.40. The molecule has 0 radical (unpaired) electrons. The molecule has 0 spiro atoms. The normalized spacial score (nSPS) is 11.7. The lowest BCUT2D eigenvalue weighted by Crippen LogP contribution is -2.22. The Hall–Kier alpha value is -1.01. The molecule has 0 atom stereocenters. The van der Waals surface area contributed by atoms with Gasteiger partial charge in [-0.15, -0.1) is 16.4 Å². The number of carbonyl (C=O) groups is 1. The van der Waals surface area contributed by atoms with Crippen molar-refractivity contribution in [2.75, 3.05) is 0 Å². The van der Waals surface area contributed by atoms with Gasteiger partial charge in [0.25, 0.3) is 0 Å². The van der Waals surface area contributed by atoms with Crippen LogP contribution in [0.1, 0.15) is 5.69 Å². The molecule has 0 aromatic carbocycles. The summed E-state index contributed by atoms with van der Waals surface area (Å²) in [6.45, 7) is -0.442. The van der Waals surface area contributed by atoms with Crippen molar-refractivity contribution in [3.05, 3.63) is 26.8 Å². The molecular weight excluding hydrogens is 408 g/mol. The van der Waals surface area contributed by atoms with Crippen LogP contribution in [0, 0.1) is 0 Å². The molecular formula is C9H8BrClN4O4S2. The second-order valence-electron chi connectivity index (χ2n) is 3.81. The van der Waals surface area contributed by atoms with Gasteiger partial charge in [0, 0.05) is 0 Å². The van der Waals surface area contributed by atoms with Crippen molar-refractivity contribution in [2.24, 2.45) is 0 Å². The van der Waals surface area contributed by atoms with Crippen LogP contribution in [0.5, 0.6) is 0 Å². The molecule has 0 unspecified atom stereocenters. The maximum atomic E-state index is 12.0. The number of aliphatic carboxylic acids is 1. The third-order valence-corrected chi connectivity index (χ3v) is 6.56. The minimum absolute atomic E-state index is 0.0669. The summed E-state index contributed by atoms with van der Waals surface area (Å²) in [5.41, 5.74) is 0.307. The average molecular weight is 416 g/mol. The maximum absolute atomic E-state index is 12.0. The maximum Gasteiger partial charge on any atom is 0.325 e. The fourth-order valence-electron chi connectivity index (χ4n) is 1.33. The number of hydrogen-bond donors (Lipinski definition) is 2. The number of nitrogens with one attached hydrogen (secondary N) is 1. The molecule has 0 aliphatic carbocycles. The van der Waals surface area contributed by atoms with Gasteiger partial charge in [0.2, 0.25) is 10.0 Å². The lowest BCUT2D eigenvalue weighted by Gasteiger charge is -2.01. The van der Waals surface area contributed by atoms with E-state index in [1.54, 1.807) is 0 Å². The number of aromatic nitrogens is 3. The van der Waals surface area contributed by atoms with Crippen LogP contribution in [0.4, 0.5) is 0 Å². The van der Waals surface area contributed by atoms with Crippen molar-refractivity contribution in [3.63, 3.8) is 0 Å². The molecule has 2 aromatic heterocycles. The number of thiophene rings is 1. The van der Waals surface area contributed by atoms with Crippen LogP contribution in [-0.4, -0.2) is 34.5 Å². The van der Waals surface area contributed by atoms with E-state index in [4.69, 9.17) is 16.7 Å². The first-order chi connectivity index (χ1) is 9.78. The van der Waals surface area contributed by atoms with E-state index in [1.807, 2.05) is 0 Å². The zero-order chi connectivity index (χ0) is 15.6. The largest absolute Gasteiger partial charge is 0.480 e. The number of rotatable bonds is 6. The van der Waals surface area contributed by atoms with Gasteiger partial charge in [0.15, 0.2) is 0 Å². The van der Waals surface area contributed by atoms with Crippen LogP contribution < -0.4 is 4.72 Å². The van der Waals surface area contributed by atoms with Crippen LogP contribution >= 0.6 is 38.9 Å². The molecule has 0 saturated heterocycles. The third-order valence-electron chi connectivity index (χ3n) is 2.21. The fraction of sp³-hybridized carbons (Fsp3) is 0.222. The van der Waals surface area contributed by atoms with Crippen molar-refractivity contribution in [1.82, 2.24) is 19.7 Å². The molecule has 2 N–H and O–H groups in total. The van der Waals surface area contributed by atoms with E-state index in [0.29, 0.717) is 14.5 Å². The van der Waals surface area contributed by atoms with Gasteiger partial charge in [-0.1, -0.05) is 16.8 Å². The predicted molar refractivity (Wildman–Crippen MR) is 78.7 cm³/mol. The molecule has 114 valence electrons. The lowest BCUT2D eigenvalue weighted by atomic mass is 10.5. The van der Waals surface area contributed by atoms with E-state index in [-0.39, 0.29) is 17.3 Å². The second-order valence-corrected chi connectivity index (χ2v) is 8.58. The lowest BCUT2D eigenvalue weighted by molar-refractivity contribution is -0.137. The highest BCUT2D eigenvalue weighted by molar-refractivity contribution is 9.11. The highest BCUT2D eigenvalue weighted by Crippen LogP contribution is 2.34. The van der Waals surface area contributed by atoms with E-state index in [2.05, 4.69) is 31.0 Å². The van der Waals surface area contributed by atoms with Gasteiger partial charge in [-0.2, -0.15) is 0 Å². The van der Waals surface area contributed by atoms with Crippen LogP contribution in [-0.2, 0) is 27.9 Å². The standard InChI is InChI=1S/C9H8BrClN4O4S2/c10-9-6(11)1-8(20-9)21(18,19)12-2-5-3-15(14-13-5)4-7(16)17/h1,3,12H,2,4H2,(H,16,17). The molecule has 8 nitrogen and oxygen atoms in total. The molecule has 0 aliphatic rings. The first kappa shape index (κ1) is 16.4. The molecule has 2 aromatic rings. The van der Waals surface area contributed by atoms with Crippen molar-refractivity contribution < 1.29 is 18.3 Å². The minimum Gasteiger partial charge on any atom is -0.480 e. The van der Waals surface area contributed by atoms with Gasteiger partial charge in [-0.3, -0.25) is 4.79 Å². The summed E-state index contributed by atoms with van der Waals surface area (Å²) < 4.78 is 28.1. The number of halogens is 2. The van der Waals surface area contributed by atoms with Crippen LogP contribution in [0.2, 0.25) is 5.02 Å². The molecule has 21 heavy (non-hydrogen) atoms. The SMILES string of the molecule is O=C(O)Cn1cc(CNS(=O)(=O)c2cc(Cl)c(Br)s2)nn1. The Morgan fingerprint density at radius 2 is 2.29 bits per heavy atom. The smallest absolute Gasteiger partial charge is 0.325 e. The monoisotopic (exact) mass is 414 g/mol. The molecule has 0 aliphatic heterocycles. The highest BCUT2D eigenvalue weighted by Gasteiger charge is 2.19. The summed E-state index contributed by atoms with van der Waals surface area (Å²) >= 11 is 9.92. The third kappa shape index (κ3) is 4.23. The van der Waals surface area contributed by atoms with E-state index >= 15 is 0 Å². The number of carboxylic acids is 1. The summed E-state index contributed by atoms with van der Waals surface area (Å²) in [5, 5.41) is 16.2. The van der Waals surface area contributed by atoms with Crippen molar-refractivity contribution >= 4 is 54.9 Å². The topological polar surface area (TPSA) is 114 Å². The summed E-state index contributed by atoms with van der Waals surface area (Å²) in [7, 11) is -3.71.